The standard InChI is InChI=1S/C22H21NO4S/c1-3-28(26)20-11-7-6-10-19(20)22(25)27-15(2)21(24)23-18-13-12-16-8-4-5-9-17(16)14-18/h4-15H,3H2,1-2H3,(H,23,24)/t15-,28-/m1/s1. The SMILES string of the molecule is CC[S@@](=O)c1ccccc1C(=O)O[C@H](C)C(=O)Nc1ccc2ccccc2c1. The largest absolute Gasteiger partial charge is 0.449 e. The second-order valence-electron chi connectivity index (χ2n) is 6.23. The van der Waals surface area contributed by atoms with E-state index >= 15 is 0 Å². The molecule has 3 aromatic carbocycles. The van der Waals surface area contributed by atoms with E-state index in [0.717, 1.165) is 10.8 Å². The number of anilines is 1. The van der Waals surface area contributed by atoms with Crippen LogP contribution in [-0.2, 0) is 20.3 Å². The van der Waals surface area contributed by atoms with E-state index in [4.69, 9.17) is 4.74 Å². The first-order chi connectivity index (χ1) is 13.5. The number of amides is 1. The number of fused-ring (bicyclic) bond motifs is 1. The smallest absolute Gasteiger partial charge is 0.340 e. The predicted octanol–water partition coefficient (Wildman–Crippen LogP) is 4.15. The molecule has 0 radical (unpaired) electrons. The molecule has 144 valence electrons. The van der Waals surface area contributed by atoms with Crippen molar-refractivity contribution in [1.82, 2.24) is 0 Å². The van der Waals surface area contributed by atoms with Gasteiger partial charge in [-0.1, -0.05) is 49.4 Å². The quantitative estimate of drug-likeness (QED) is 0.637. The minimum Gasteiger partial charge on any atom is -0.449 e. The van der Waals surface area contributed by atoms with E-state index in [-0.39, 0.29) is 5.56 Å². The Bertz CT molecular complexity index is 1050. The van der Waals surface area contributed by atoms with E-state index in [2.05, 4.69) is 5.32 Å². The summed E-state index contributed by atoms with van der Waals surface area (Å²) in [6.07, 6.45) is -0.998. The third-order valence-electron chi connectivity index (χ3n) is 4.28. The van der Waals surface area contributed by atoms with Crippen molar-refractivity contribution >= 4 is 39.1 Å². The van der Waals surface area contributed by atoms with Crippen molar-refractivity contribution in [3.8, 4) is 0 Å². The molecule has 3 aromatic rings. The van der Waals surface area contributed by atoms with Gasteiger partial charge in [-0.15, -0.1) is 0 Å². The molecule has 3 rings (SSSR count). The second-order valence-corrected chi connectivity index (χ2v) is 7.94. The average molecular weight is 395 g/mol. The van der Waals surface area contributed by atoms with E-state index in [1.165, 1.54) is 6.92 Å². The van der Waals surface area contributed by atoms with Crippen molar-refractivity contribution in [2.75, 3.05) is 11.1 Å². The Labute approximate surface area is 166 Å². The van der Waals surface area contributed by atoms with Crippen LogP contribution >= 0.6 is 0 Å². The molecule has 2 atom stereocenters. The summed E-state index contributed by atoms with van der Waals surface area (Å²) in [7, 11) is -1.29. The van der Waals surface area contributed by atoms with Crippen LogP contribution in [0.25, 0.3) is 10.8 Å². The minimum atomic E-state index is -1.29. The maximum atomic E-state index is 12.5. The third-order valence-corrected chi connectivity index (χ3v) is 5.66. The van der Waals surface area contributed by atoms with Crippen LogP contribution in [0.4, 0.5) is 5.69 Å². The van der Waals surface area contributed by atoms with Crippen molar-refractivity contribution in [2.45, 2.75) is 24.8 Å². The number of nitrogens with one attached hydrogen (secondary N) is 1. The average Bonchev–Trinajstić information content (AvgIpc) is 2.72. The first-order valence-corrected chi connectivity index (χ1v) is 10.3. The molecule has 0 bridgehead atoms. The molecule has 5 nitrogen and oxygen atoms in total. The fourth-order valence-corrected chi connectivity index (χ4v) is 3.72. The van der Waals surface area contributed by atoms with E-state index in [9.17, 15) is 13.8 Å². The highest BCUT2D eigenvalue weighted by Gasteiger charge is 2.22. The Morgan fingerprint density at radius 2 is 1.68 bits per heavy atom. The zero-order valence-corrected chi connectivity index (χ0v) is 16.5. The molecule has 0 heterocycles. The van der Waals surface area contributed by atoms with Gasteiger partial charge in [0.1, 0.15) is 0 Å². The highest BCUT2D eigenvalue weighted by molar-refractivity contribution is 7.85. The lowest BCUT2D eigenvalue weighted by atomic mass is 10.1. The van der Waals surface area contributed by atoms with Crippen LogP contribution in [0.1, 0.15) is 24.2 Å². The molecule has 0 unspecified atom stereocenters. The van der Waals surface area contributed by atoms with Gasteiger partial charge in [0, 0.05) is 11.4 Å². The van der Waals surface area contributed by atoms with Gasteiger partial charge < -0.3 is 10.1 Å². The van der Waals surface area contributed by atoms with Crippen LogP contribution in [0, 0.1) is 0 Å². The molecular weight excluding hydrogens is 374 g/mol. The molecule has 0 aromatic heterocycles. The number of hydrogen-bond donors (Lipinski definition) is 1. The van der Waals surface area contributed by atoms with Crippen LogP contribution in [0.5, 0.6) is 0 Å². The van der Waals surface area contributed by atoms with Crippen molar-refractivity contribution in [3.63, 3.8) is 0 Å². The molecule has 0 aliphatic heterocycles. The number of carbonyl (C=O) groups is 2. The number of ether oxygens (including phenoxy) is 1. The Balaban J connectivity index is 1.70. The van der Waals surface area contributed by atoms with Crippen LogP contribution < -0.4 is 5.32 Å². The summed E-state index contributed by atoms with van der Waals surface area (Å²) < 4.78 is 17.4. The Morgan fingerprint density at radius 3 is 2.43 bits per heavy atom. The third kappa shape index (κ3) is 4.46. The predicted molar refractivity (Wildman–Crippen MR) is 111 cm³/mol. The van der Waals surface area contributed by atoms with Crippen molar-refractivity contribution in [3.05, 3.63) is 72.3 Å². The molecule has 1 amide bonds. The molecule has 0 saturated carbocycles. The molecular formula is C22H21NO4S. The summed E-state index contributed by atoms with van der Waals surface area (Å²) in [5.74, 6) is -0.709. The topological polar surface area (TPSA) is 72.5 Å². The van der Waals surface area contributed by atoms with Gasteiger partial charge in [-0.25, -0.2) is 4.79 Å². The molecule has 28 heavy (non-hydrogen) atoms. The number of carbonyl (C=O) groups excluding carboxylic acids is 2. The minimum absolute atomic E-state index is 0.216. The molecule has 0 aliphatic carbocycles. The van der Waals surface area contributed by atoms with Crippen LogP contribution in [0.2, 0.25) is 0 Å². The van der Waals surface area contributed by atoms with Gasteiger partial charge in [0.2, 0.25) is 0 Å². The van der Waals surface area contributed by atoms with Gasteiger partial charge in [-0.2, -0.15) is 0 Å². The lowest BCUT2D eigenvalue weighted by Crippen LogP contribution is -2.30. The van der Waals surface area contributed by atoms with Gasteiger partial charge in [0.25, 0.3) is 5.91 Å². The highest BCUT2D eigenvalue weighted by atomic mass is 32.2. The lowest BCUT2D eigenvalue weighted by Gasteiger charge is -2.15. The van der Waals surface area contributed by atoms with Gasteiger partial charge in [-0.05, 0) is 42.0 Å². The van der Waals surface area contributed by atoms with Gasteiger partial charge >= 0.3 is 5.97 Å². The molecule has 1 N–H and O–H groups in total. The lowest BCUT2D eigenvalue weighted by molar-refractivity contribution is -0.123. The fourth-order valence-electron chi connectivity index (χ4n) is 2.78. The Morgan fingerprint density at radius 1 is 1.00 bits per heavy atom. The summed E-state index contributed by atoms with van der Waals surface area (Å²) >= 11 is 0. The summed E-state index contributed by atoms with van der Waals surface area (Å²) in [6, 6.07) is 20.0. The first-order valence-electron chi connectivity index (χ1n) is 8.97. The number of benzene rings is 3. The Hall–Kier alpha value is -2.99. The number of rotatable bonds is 6. The molecule has 0 saturated heterocycles. The normalized spacial score (nSPS) is 12.9. The molecule has 6 heteroatoms. The zero-order valence-electron chi connectivity index (χ0n) is 15.7. The maximum Gasteiger partial charge on any atom is 0.340 e. The van der Waals surface area contributed by atoms with Gasteiger partial charge in [-0.3, -0.25) is 9.00 Å². The number of esters is 1. The van der Waals surface area contributed by atoms with E-state index in [1.54, 1.807) is 37.3 Å². The zero-order chi connectivity index (χ0) is 20.1. The summed E-state index contributed by atoms with van der Waals surface area (Å²) in [5, 5.41) is 4.83. The van der Waals surface area contributed by atoms with Crippen LogP contribution in [0.3, 0.4) is 0 Å². The van der Waals surface area contributed by atoms with Crippen LogP contribution in [0.15, 0.2) is 71.6 Å². The molecule has 0 spiro atoms. The second kappa shape index (κ2) is 8.80. The van der Waals surface area contributed by atoms with Gasteiger partial charge in [0.15, 0.2) is 6.10 Å². The highest BCUT2D eigenvalue weighted by Crippen LogP contribution is 2.20. The van der Waals surface area contributed by atoms with E-state index in [0.29, 0.717) is 16.3 Å². The fraction of sp³-hybridized carbons (Fsp3) is 0.182. The monoisotopic (exact) mass is 395 g/mol. The Kier molecular flexibility index (Phi) is 6.21. The van der Waals surface area contributed by atoms with Crippen molar-refractivity contribution in [2.24, 2.45) is 0 Å². The summed E-state index contributed by atoms with van der Waals surface area (Å²) in [6.45, 7) is 3.28. The van der Waals surface area contributed by atoms with Crippen molar-refractivity contribution in [1.29, 1.82) is 0 Å². The molecule has 0 aliphatic rings. The maximum absolute atomic E-state index is 12.5. The summed E-state index contributed by atoms with van der Waals surface area (Å²) in [5.41, 5.74) is 0.840. The summed E-state index contributed by atoms with van der Waals surface area (Å²) in [4.78, 5) is 25.3. The van der Waals surface area contributed by atoms with E-state index < -0.39 is 28.8 Å². The first kappa shape index (κ1) is 19.8. The van der Waals surface area contributed by atoms with Crippen LogP contribution in [-0.4, -0.2) is 27.9 Å². The van der Waals surface area contributed by atoms with Gasteiger partial charge in [0.05, 0.1) is 21.3 Å². The van der Waals surface area contributed by atoms with E-state index in [1.807, 2.05) is 36.4 Å². The van der Waals surface area contributed by atoms with Crippen molar-refractivity contribution < 1.29 is 18.5 Å². The number of hydrogen-bond acceptors (Lipinski definition) is 4. The molecule has 0 fully saturated rings.